The second-order valence-corrected chi connectivity index (χ2v) is 3.48. The third-order valence-corrected chi connectivity index (χ3v) is 2.29. The van der Waals surface area contributed by atoms with Crippen LogP contribution in [0.4, 0.5) is 0 Å². The van der Waals surface area contributed by atoms with Crippen LogP contribution in [0.15, 0.2) is 0 Å². The molecule has 1 saturated heterocycles. The maximum absolute atomic E-state index is 8.95. The van der Waals surface area contributed by atoms with Gasteiger partial charge in [-0.05, 0) is 13.8 Å². The van der Waals surface area contributed by atoms with Gasteiger partial charge in [0.15, 0.2) is 5.60 Å². The Morgan fingerprint density at radius 3 is 2.25 bits per heavy atom. The summed E-state index contributed by atoms with van der Waals surface area (Å²) in [4.78, 5) is 0. The first-order chi connectivity index (χ1) is 5.62. The first kappa shape index (κ1) is 9.50. The Balaban J connectivity index is 2.71. The Morgan fingerprint density at radius 1 is 1.42 bits per heavy atom. The highest BCUT2D eigenvalue weighted by Crippen LogP contribution is 2.30. The van der Waals surface area contributed by atoms with Crippen LogP contribution < -0.4 is 0 Å². The number of nitriles is 1. The number of ether oxygens (including phenoxy) is 2. The van der Waals surface area contributed by atoms with Gasteiger partial charge in [0.25, 0.3) is 0 Å². The summed E-state index contributed by atoms with van der Waals surface area (Å²) in [5.41, 5.74) is -0.614. The van der Waals surface area contributed by atoms with Gasteiger partial charge in [-0.1, -0.05) is 0 Å². The fourth-order valence-electron chi connectivity index (χ4n) is 1.81. The molecule has 12 heavy (non-hydrogen) atoms. The molecule has 0 bridgehead atoms. The predicted molar refractivity (Wildman–Crippen MR) is 44.6 cm³/mol. The van der Waals surface area contributed by atoms with Crippen molar-refractivity contribution in [3.05, 3.63) is 0 Å². The van der Waals surface area contributed by atoms with E-state index in [-0.39, 0.29) is 12.2 Å². The first-order valence-electron chi connectivity index (χ1n) is 4.24. The molecule has 68 valence electrons. The minimum atomic E-state index is -0.614. The standard InChI is InChI=1S/C9H15NO2/c1-7-4-9(6-10,11-3)5-8(2)12-7/h7-8H,4-5H2,1-3H3. The van der Waals surface area contributed by atoms with Crippen molar-refractivity contribution < 1.29 is 9.47 Å². The molecule has 2 unspecified atom stereocenters. The zero-order valence-electron chi connectivity index (χ0n) is 7.83. The Hall–Kier alpha value is -0.590. The van der Waals surface area contributed by atoms with Crippen molar-refractivity contribution in [2.45, 2.75) is 44.5 Å². The van der Waals surface area contributed by atoms with Crippen LogP contribution in [0.1, 0.15) is 26.7 Å². The van der Waals surface area contributed by atoms with Crippen LogP contribution in [0.5, 0.6) is 0 Å². The lowest BCUT2D eigenvalue weighted by Gasteiger charge is -2.36. The molecule has 0 aromatic rings. The lowest BCUT2D eigenvalue weighted by molar-refractivity contribution is -0.121. The van der Waals surface area contributed by atoms with E-state index in [1.54, 1.807) is 7.11 Å². The number of hydrogen-bond acceptors (Lipinski definition) is 3. The van der Waals surface area contributed by atoms with E-state index in [0.717, 1.165) is 0 Å². The van der Waals surface area contributed by atoms with Gasteiger partial charge in [-0.2, -0.15) is 5.26 Å². The highest BCUT2D eigenvalue weighted by Gasteiger charge is 2.38. The first-order valence-corrected chi connectivity index (χ1v) is 4.24. The summed E-state index contributed by atoms with van der Waals surface area (Å²) >= 11 is 0. The molecular formula is C9H15NO2. The van der Waals surface area contributed by atoms with Crippen LogP contribution in [0.25, 0.3) is 0 Å². The van der Waals surface area contributed by atoms with Gasteiger partial charge in [-0.15, -0.1) is 0 Å². The van der Waals surface area contributed by atoms with Gasteiger partial charge in [-0.25, -0.2) is 0 Å². The molecule has 1 fully saturated rings. The topological polar surface area (TPSA) is 42.2 Å². The molecule has 3 heteroatoms. The molecule has 3 nitrogen and oxygen atoms in total. The van der Waals surface area contributed by atoms with Crippen molar-refractivity contribution in [3.8, 4) is 6.07 Å². The van der Waals surface area contributed by atoms with Crippen LogP contribution in [-0.2, 0) is 9.47 Å². The van der Waals surface area contributed by atoms with Crippen molar-refractivity contribution in [1.29, 1.82) is 5.26 Å². The largest absolute Gasteiger partial charge is 0.375 e. The summed E-state index contributed by atoms with van der Waals surface area (Å²) in [7, 11) is 1.59. The average molecular weight is 169 g/mol. The van der Waals surface area contributed by atoms with E-state index in [2.05, 4.69) is 6.07 Å². The summed E-state index contributed by atoms with van der Waals surface area (Å²) in [5, 5.41) is 8.95. The fraction of sp³-hybridized carbons (Fsp3) is 0.889. The van der Waals surface area contributed by atoms with E-state index >= 15 is 0 Å². The van der Waals surface area contributed by atoms with Gasteiger partial charge < -0.3 is 9.47 Å². The van der Waals surface area contributed by atoms with Gasteiger partial charge in [0, 0.05) is 20.0 Å². The molecule has 1 aliphatic rings. The van der Waals surface area contributed by atoms with Gasteiger partial charge in [-0.3, -0.25) is 0 Å². The third kappa shape index (κ3) is 1.77. The maximum Gasteiger partial charge on any atom is 0.158 e. The van der Waals surface area contributed by atoms with E-state index in [9.17, 15) is 0 Å². The zero-order valence-corrected chi connectivity index (χ0v) is 7.83. The summed E-state index contributed by atoms with van der Waals surface area (Å²) in [5.74, 6) is 0. The Kier molecular flexibility index (Phi) is 2.71. The third-order valence-electron chi connectivity index (χ3n) is 2.29. The van der Waals surface area contributed by atoms with Gasteiger partial charge in [0.2, 0.25) is 0 Å². The van der Waals surface area contributed by atoms with Gasteiger partial charge >= 0.3 is 0 Å². The molecule has 0 aromatic heterocycles. The number of rotatable bonds is 1. The SMILES string of the molecule is COC1(C#N)CC(C)OC(C)C1. The Morgan fingerprint density at radius 2 is 1.92 bits per heavy atom. The molecule has 0 saturated carbocycles. The lowest BCUT2D eigenvalue weighted by Crippen LogP contribution is -2.43. The van der Waals surface area contributed by atoms with E-state index in [0.29, 0.717) is 12.8 Å². The van der Waals surface area contributed by atoms with Gasteiger partial charge in [0.05, 0.1) is 18.3 Å². The highest BCUT2D eigenvalue weighted by atomic mass is 16.5. The van der Waals surface area contributed by atoms with Crippen molar-refractivity contribution in [2.24, 2.45) is 0 Å². The van der Waals surface area contributed by atoms with Crippen molar-refractivity contribution in [1.82, 2.24) is 0 Å². The quantitative estimate of drug-likeness (QED) is 0.597. The number of hydrogen-bond donors (Lipinski definition) is 0. The summed E-state index contributed by atoms with van der Waals surface area (Å²) in [6.07, 6.45) is 1.58. The summed E-state index contributed by atoms with van der Waals surface area (Å²) in [6, 6.07) is 2.23. The average Bonchev–Trinajstić information content (AvgIpc) is 2.02. The molecule has 0 amide bonds. The van der Waals surface area contributed by atoms with Crippen LogP contribution >= 0.6 is 0 Å². The minimum absolute atomic E-state index is 0.119. The Bertz CT molecular complexity index is 187. The second kappa shape index (κ2) is 3.42. The molecule has 0 spiro atoms. The van der Waals surface area contributed by atoms with Crippen LogP contribution in [-0.4, -0.2) is 24.9 Å². The molecule has 0 aromatic carbocycles. The van der Waals surface area contributed by atoms with Crippen molar-refractivity contribution in [2.75, 3.05) is 7.11 Å². The zero-order chi connectivity index (χ0) is 9.19. The minimum Gasteiger partial charge on any atom is -0.375 e. The molecule has 0 radical (unpaired) electrons. The predicted octanol–water partition coefficient (Wildman–Crippen LogP) is 1.48. The summed E-state index contributed by atoms with van der Waals surface area (Å²) in [6.45, 7) is 3.95. The van der Waals surface area contributed by atoms with E-state index in [1.807, 2.05) is 13.8 Å². The van der Waals surface area contributed by atoms with E-state index in [1.165, 1.54) is 0 Å². The molecular weight excluding hydrogens is 154 g/mol. The second-order valence-electron chi connectivity index (χ2n) is 3.48. The monoisotopic (exact) mass is 169 g/mol. The molecule has 1 aliphatic heterocycles. The number of nitrogens with zero attached hydrogens (tertiary/aromatic N) is 1. The highest BCUT2D eigenvalue weighted by molar-refractivity contribution is 5.05. The molecule has 0 N–H and O–H groups in total. The smallest absolute Gasteiger partial charge is 0.158 e. The van der Waals surface area contributed by atoms with E-state index < -0.39 is 5.60 Å². The normalized spacial score (nSPS) is 42.2. The lowest BCUT2D eigenvalue weighted by atomic mass is 9.89. The van der Waals surface area contributed by atoms with Crippen molar-refractivity contribution >= 4 is 0 Å². The Labute approximate surface area is 73.3 Å². The molecule has 1 heterocycles. The molecule has 0 aliphatic carbocycles. The summed E-state index contributed by atoms with van der Waals surface area (Å²) < 4.78 is 10.7. The molecule has 2 atom stereocenters. The van der Waals surface area contributed by atoms with Gasteiger partial charge in [0.1, 0.15) is 0 Å². The van der Waals surface area contributed by atoms with Crippen LogP contribution in [0.2, 0.25) is 0 Å². The van der Waals surface area contributed by atoms with Crippen LogP contribution in [0, 0.1) is 11.3 Å². The van der Waals surface area contributed by atoms with Crippen molar-refractivity contribution in [3.63, 3.8) is 0 Å². The molecule has 1 rings (SSSR count). The maximum atomic E-state index is 8.95. The van der Waals surface area contributed by atoms with E-state index in [4.69, 9.17) is 14.7 Å². The van der Waals surface area contributed by atoms with Crippen LogP contribution in [0.3, 0.4) is 0 Å². The number of methoxy groups -OCH3 is 1. The fourth-order valence-corrected chi connectivity index (χ4v) is 1.81.